The number of ether oxygens (including phenoxy) is 2. The monoisotopic (exact) mass is 2020 g/mol. The molecule has 0 saturated carbocycles. The summed E-state index contributed by atoms with van der Waals surface area (Å²) in [5, 5.41) is 57.7. The van der Waals surface area contributed by atoms with Crippen molar-refractivity contribution in [1.29, 1.82) is 0 Å². The van der Waals surface area contributed by atoms with E-state index < -0.39 is 12.0 Å². The van der Waals surface area contributed by atoms with Gasteiger partial charge in [-0.3, -0.25) is 4.79 Å². The average Bonchev–Trinajstić information content (AvgIpc) is 1.71. The summed E-state index contributed by atoms with van der Waals surface area (Å²) in [5.74, 6) is 5.69. The molecule has 10 aromatic heterocycles. The molecule has 0 bridgehead atoms. The highest BCUT2D eigenvalue weighted by molar-refractivity contribution is 8.00. The topological polar surface area (TPSA) is 397 Å². The van der Waals surface area contributed by atoms with Crippen LogP contribution in [0.25, 0.3) is 28.4 Å². The minimum Gasteiger partial charge on any atom is -0.480 e. The largest absolute Gasteiger partial charge is 0.480 e. The first-order chi connectivity index (χ1) is 72.6. The quantitative estimate of drug-likeness (QED) is 0.0177. The van der Waals surface area contributed by atoms with Crippen LogP contribution in [-0.2, 0) is 20.8 Å². The van der Waals surface area contributed by atoms with Crippen molar-refractivity contribution in [2.75, 3.05) is 129 Å². The molecule has 0 aliphatic carbocycles. The Morgan fingerprint density at radius 3 is 1.21 bits per heavy atom. The van der Waals surface area contributed by atoms with Gasteiger partial charge < -0.3 is 71.8 Å². The zero-order valence-electron chi connectivity index (χ0n) is 83.5. The van der Waals surface area contributed by atoms with Crippen LogP contribution in [-0.4, -0.2) is 198 Å². The number of pyridine rings is 5. The van der Waals surface area contributed by atoms with Gasteiger partial charge >= 0.3 is 5.97 Å². The van der Waals surface area contributed by atoms with Gasteiger partial charge in [-0.1, -0.05) is 181 Å². The number of carboxylic acid groups (broad SMARTS) is 1. The number of anilines is 16. The van der Waals surface area contributed by atoms with Crippen LogP contribution in [0.4, 0.5) is 97.3 Å². The van der Waals surface area contributed by atoms with Crippen LogP contribution < -0.4 is 57.2 Å². The molecule has 2 unspecified atom stereocenters. The normalized spacial score (nSPS) is 13.7. The molecule has 3 aliphatic rings. The fraction of sp³-hybridized carbons (Fsp3) is 0.234. The zero-order valence-corrected chi connectivity index (χ0v) is 84.3. The lowest BCUT2D eigenvalue weighted by molar-refractivity contribution is -0.137. The number of para-hydroxylation sites is 6. The number of aliphatic carboxylic acids is 1. The summed E-state index contributed by atoms with van der Waals surface area (Å²) in [6.07, 6.45) is 19.7. The molecule has 0 radical (unpaired) electrons. The van der Waals surface area contributed by atoms with Gasteiger partial charge in [0.2, 0.25) is 29.7 Å². The van der Waals surface area contributed by atoms with Crippen LogP contribution in [0.5, 0.6) is 0 Å². The summed E-state index contributed by atoms with van der Waals surface area (Å²) < 4.78 is 33.2. The summed E-state index contributed by atoms with van der Waals surface area (Å²) in [6, 6.07) is 92.0. The number of morpholine rings is 2. The first-order valence-electron chi connectivity index (χ1n) is 49.1. The number of carbonyl (C=O) groups is 2. The van der Waals surface area contributed by atoms with E-state index in [1.54, 1.807) is 116 Å². The number of benzene rings is 8. The molecule has 3 saturated heterocycles. The van der Waals surface area contributed by atoms with Crippen molar-refractivity contribution in [1.82, 2.24) is 98.7 Å². The fourth-order valence-electron chi connectivity index (χ4n) is 16.0. The number of ketones is 1. The number of halogens is 1. The van der Waals surface area contributed by atoms with Crippen molar-refractivity contribution in [3.8, 4) is 28.4 Å². The van der Waals surface area contributed by atoms with E-state index in [1.807, 2.05) is 225 Å². The number of nitrogens with one attached hydrogen (secondary N) is 8. The van der Waals surface area contributed by atoms with Gasteiger partial charge in [0.15, 0.2) is 5.78 Å². The average molecular weight is 2020 g/mol. The van der Waals surface area contributed by atoms with E-state index in [-0.39, 0.29) is 28.4 Å². The Morgan fingerprint density at radius 2 is 0.785 bits per heavy atom. The number of hydrogen-bond acceptors (Lipinski definition) is 31. The van der Waals surface area contributed by atoms with Crippen molar-refractivity contribution in [2.45, 2.75) is 84.2 Å². The highest BCUT2D eigenvalue weighted by atomic mass is 32.2. The van der Waals surface area contributed by atoms with Gasteiger partial charge in [-0.15, -0.1) is 25.5 Å². The van der Waals surface area contributed by atoms with Crippen molar-refractivity contribution >= 4 is 116 Å². The summed E-state index contributed by atoms with van der Waals surface area (Å²) in [6.45, 7) is 21.5. The number of hydrogen-bond donors (Lipinski definition) is 9. The van der Waals surface area contributed by atoms with Crippen LogP contribution >= 0.6 is 11.8 Å². The Morgan fingerprint density at radius 1 is 0.409 bits per heavy atom. The van der Waals surface area contributed by atoms with E-state index >= 15 is 0 Å². The van der Waals surface area contributed by atoms with E-state index in [9.17, 15) is 19.1 Å². The molecular weight excluding hydrogens is 1900 g/mol. The van der Waals surface area contributed by atoms with Gasteiger partial charge in [0.05, 0.1) is 48.3 Å². The van der Waals surface area contributed by atoms with Gasteiger partial charge in [-0.2, -0.15) is 36.7 Å². The lowest BCUT2D eigenvalue weighted by atomic mass is 9.89. The second kappa shape index (κ2) is 50.7. The van der Waals surface area contributed by atoms with Crippen LogP contribution in [0.15, 0.2) is 354 Å². The smallest absolute Gasteiger partial charge is 0.327 e. The maximum atomic E-state index is 13.1. The molecule has 760 valence electrons. The maximum absolute atomic E-state index is 13.1. The SMILES string of the molecule is CC(C)(C)CCNc1cc(-n2cnc(Nc3ccccc3)n2)ccn1.CC(C)(C)SCC(Nc1cc(-n2cnc(Nc3ccccc3)n2)ccn1)C(=O)O.O=C(c1ccc(F)cc1)C1CCN(c2cc(-n3cnc(Nc4ccccc4)n3)ccn2)CC1.c1ccc(Nc2ncn(-c3ccnc(N4CCOC(c5ccccc5)C4)c3)n2)cc1.c1ccc(Nc2ncn(-c3ccnc(NCc4ccccc4N4CCOCC4)c3)n2)cc1. The van der Waals surface area contributed by atoms with E-state index in [0.717, 1.165) is 158 Å². The Kier molecular flexibility index (Phi) is 35.0. The van der Waals surface area contributed by atoms with E-state index in [1.165, 1.54) is 28.9 Å². The molecule has 0 spiro atoms. The summed E-state index contributed by atoms with van der Waals surface area (Å²) in [5.41, 5.74) is 13.5. The lowest BCUT2D eigenvalue weighted by Gasteiger charge is -2.34. The van der Waals surface area contributed by atoms with Gasteiger partial charge in [-0.25, -0.2) is 57.5 Å². The van der Waals surface area contributed by atoms with Crippen molar-refractivity contribution < 1.29 is 28.6 Å². The Labute approximate surface area is 867 Å². The van der Waals surface area contributed by atoms with E-state index in [0.29, 0.717) is 65.4 Å². The predicted octanol–water partition coefficient (Wildman–Crippen LogP) is 20.5. The summed E-state index contributed by atoms with van der Waals surface area (Å²) >= 11 is 1.59. The maximum Gasteiger partial charge on any atom is 0.327 e. The lowest BCUT2D eigenvalue weighted by Crippen LogP contribution is -2.38. The summed E-state index contributed by atoms with van der Waals surface area (Å²) in [7, 11) is 0. The van der Waals surface area contributed by atoms with Crippen LogP contribution in [0.2, 0.25) is 0 Å². The van der Waals surface area contributed by atoms with Crippen molar-refractivity contribution in [3.05, 3.63) is 376 Å². The number of carboxylic acids is 1. The second-order valence-electron chi connectivity index (χ2n) is 37.1. The number of Topliss-reactive ketones (excluding diaryl/α,β-unsaturated/α-hetero) is 1. The Balaban J connectivity index is 0.000000127. The molecule has 2 atom stereocenters. The number of thioether (sulfide) groups is 1. The molecule has 21 rings (SSSR count). The third-order valence-electron chi connectivity index (χ3n) is 23.8. The van der Waals surface area contributed by atoms with Gasteiger partial charge in [0.25, 0.3) is 0 Å². The number of aromatic nitrogens is 20. The minimum atomic E-state index is -0.913. The van der Waals surface area contributed by atoms with Crippen LogP contribution in [0, 0.1) is 17.2 Å². The molecule has 13 heterocycles. The van der Waals surface area contributed by atoms with Gasteiger partial charge in [0.1, 0.15) is 78.7 Å². The zero-order chi connectivity index (χ0) is 103. The first kappa shape index (κ1) is 103. The second-order valence-corrected chi connectivity index (χ2v) is 38.9. The number of rotatable bonds is 32. The fourth-order valence-corrected chi connectivity index (χ4v) is 16.9. The third-order valence-corrected chi connectivity index (χ3v) is 25.2. The molecule has 9 N–H and O–H groups in total. The van der Waals surface area contributed by atoms with Crippen molar-refractivity contribution in [2.24, 2.45) is 11.3 Å². The molecule has 3 aliphatic heterocycles. The first-order valence-corrected chi connectivity index (χ1v) is 50.1. The highest BCUT2D eigenvalue weighted by Gasteiger charge is 2.29. The molecule has 36 nitrogen and oxygen atoms in total. The molecule has 3 fully saturated rings. The molecular formula is C111H118FN31O5S. The van der Waals surface area contributed by atoms with Crippen LogP contribution in [0.3, 0.4) is 0 Å². The molecule has 149 heavy (non-hydrogen) atoms. The Hall–Kier alpha value is -17.7. The molecule has 18 aromatic rings. The van der Waals surface area contributed by atoms with Crippen LogP contribution in [0.1, 0.15) is 88.4 Å². The number of piperidine rings is 1. The van der Waals surface area contributed by atoms with Crippen molar-refractivity contribution in [3.63, 3.8) is 0 Å². The molecule has 38 heteroatoms. The number of nitrogens with zero attached hydrogens (tertiary/aromatic N) is 23. The van der Waals surface area contributed by atoms with E-state index in [2.05, 4.69) is 211 Å². The molecule has 8 aromatic carbocycles. The summed E-state index contributed by atoms with van der Waals surface area (Å²) in [4.78, 5) is 75.0. The van der Waals surface area contributed by atoms with Gasteiger partial charge in [-0.05, 0) is 157 Å². The molecule has 0 amide bonds. The standard InChI is InChI=1S/C25H23FN6O.C24H25N7O.C23H22N6O.C20H24N6O2S.C19H24N6/c26-20-8-6-18(7-9-20)24(33)19-11-14-31(15-12-19)23-16-22(10-13-27-23)32-17-28-25(30-32)29-21-4-2-1-3-5-21;1-2-7-20(8-3-1)28-24-27-18-31(29-24)21-10-11-25-23(16-21)26-17-19-6-4-5-9-22(19)30-12-14-32-15-13-30;1-3-7-18(8-4-1)21-16-28(13-14-30-21)22-15-20(11-12-24-22)29-17-25-23(27-29)26-19-9-5-2-6-10-19;1-20(2,3)29-12-16(18(27)28)24-17-11-15(9-10-21-17)26-13-22-19(25-26)23-14-7-5-4-6-8-14;1-19(2,3)10-12-21-17-13-16(9-11-20-17)25-14-22-18(24-25)23-15-7-5-4-6-8-15/h1-10,13,16-17,19H,11-12,14-15H2,(H,29,30);1-11,16,18H,12-15,17H2,(H,25,26)(H,28,29);1-12,15,17,21H,13-14,16H2,(H,26,27);4-11,13,16H,12H2,1-3H3,(H,21,24)(H,23,25)(H,27,28);4-9,11,13-14H,10,12H2,1-3H3,(H,20,21)(H,23,24). The Bertz CT molecular complexity index is 7230. The van der Waals surface area contributed by atoms with E-state index in [4.69, 9.17) is 9.47 Å². The third kappa shape index (κ3) is 30.7. The van der Waals surface area contributed by atoms with Gasteiger partial charge in [0, 0.05) is 170 Å². The minimum absolute atomic E-state index is 0.0203. The number of carbonyl (C=O) groups excluding carboxylic acids is 1. The predicted molar refractivity (Wildman–Crippen MR) is 584 cm³/mol. The highest BCUT2D eigenvalue weighted by Crippen LogP contribution is 2.33.